The summed E-state index contributed by atoms with van der Waals surface area (Å²) in [5, 5.41) is 12.2. The predicted octanol–water partition coefficient (Wildman–Crippen LogP) is 4.42. The summed E-state index contributed by atoms with van der Waals surface area (Å²) in [7, 11) is 0. The van der Waals surface area contributed by atoms with Crippen LogP contribution in [-0.2, 0) is 4.79 Å². The van der Waals surface area contributed by atoms with Gasteiger partial charge in [-0.2, -0.15) is 0 Å². The molecule has 1 N–H and O–H groups in total. The zero-order valence-electron chi connectivity index (χ0n) is 15.9. The van der Waals surface area contributed by atoms with Crippen molar-refractivity contribution in [1.29, 1.82) is 0 Å². The number of nitrogens with zero attached hydrogens (tertiary/aromatic N) is 3. The van der Waals surface area contributed by atoms with Gasteiger partial charge in [-0.1, -0.05) is 35.2 Å². The van der Waals surface area contributed by atoms with Gasteiger partial charge in [-0.15, -0.1) is 10.2 Å². The number of nitrogens with one attached hydrogen (secondary N) is 1. The molecule has 6 nitrogen and oxygen atoms in total. The van der Waals surface area contributed by atoms with Crippen LogP contribution in [0.3, 0.4) is 0 Å². The van der Waals surface area contributed by atoms with Gasteiger partial charge >= 0.3 is 0 Å². The molecule has 8 heteroatoms. The number of thioether (sulfide) groups is 1. The molecule has 0 aliphatic rings. The quantitative estimate of drug-likeness (QED) is 0.635. The topological polar surface area (TPSA) is 67.3 Å². The molecule has 1 amide bonds. The van der Waals surface area contributed by atoms with Crippen LogP contribution >= 0.6 is 23.1 Å². The van der Waals surface area contributed by atoms with E-state index in [1.54, 1.807) is 0 Å². The number of ether oxygens (including phenoxy) is 1. The molecule has 0 aliphatic carbocycles. The summed E-state index contributed by atoms with van der Waals surface area (Å²) in [5.41, 5.74) is 0.851. The maximum absolute atomic E-state index is 12.4. The van der Waals surface area contributed by atoms with Gasteiger partial charge in [0.1, 0.15) is 5.75 Å². The predicted molar refractivity (Wildman–Crippen MR) is 109 cm³/mol. The van der Waals surface area contributed by atoms with Gasteiger partial charge < -0.3 is 15.0 Å². The molecule has 0 spiro atoms. The van der Waals surface area contributed by atoms with Gasteiger partial charge in [0.15, 0.2) is 4.34 Å². The average Bonchev–Trinajstić information content (AvgIpc) is 3.02. The molecule has 142 valence electrons. The SMILES string of the molecule is CCOc1ccccc1Nc1nnc(SCC(=O)N(C(C)C)C(C)C)s1. The van der Waals surface area contributed by atoms with Crippen molar-refractivity contribution in [3.8, 4) is 5.75 Å². The first kappa shape index (κ1) is 20.5. The van der Waals surface area contributed by atoms with Crippen molar-refractivity contribution >= 4 is 39.8 Å². The molecule has 0 atom stereocenters. The highest BCUT2D eigenvalue weighted by Gasteiger charge is 2.20. The fourth-order valence-electron chi connectivity index (χ4n) is 2.66. The van der Waals surface area contributed by atoms with E-state index in [1.807, 2.05) is 63.8 Å². The van der Waals surface area contributed by atoms with Crippen molar-refractivity contribution in [3.05, 3.63) is 24.3 Å². The smallest absolute Gasteiger partial charge is 0.233 e. The Morgan fingerprint density at radius 2 is 1.92 bits per heavy atom. The summed E-state index contributed by atoms with van der Waals surface area (Å²) in [6.45, 7) is 10.7. The lowest BCUT2D eigenvalue weighted by atomic mass is 10.2. The average molecular weight is 395 g/mol. The molecule has 1 aromatic heterocycles. The minimum atomic E-state index is 0.117. The molecule has 2 rings (SSSR count). The summed E-state index contributed by atoms with van der Waals surface area (Å²) in [5.74, 6) is 1.26. The minimum Gasteiger partial charge on any atom is -0.492 e. The van der Waals surface area contributed by atoms with Crippen LogP contribution in [0.15, 0.2) is 28.6 Å². The van der Waals surface area contributed by atoms with E-state index in [4.69, 9.17) is 4.74 Å². The number of rotatable bonds is 9. The van der Waals surface area contributed by atoms with Crippen LogP contribution < -0.4 is 10.1 Å². The number of aromatic nitrogens is 2. The Bertz CT molecular complexity index is 711. The molecule has 1 aromatic carbocycles. The third kappa shape index (κ3) is 5.60. The monoisotopic (exact) mass is 394 g/mol. The summed E-state index contributed by atoms with van der Waals surface area (Å²) in [4.78, 5) is 14.3. The number of carbonyl (C=O) groups is 1. The minimum absolute atomic E-state index is 0.117. The maximum atomic E-state index is 12.4. The lowest BCUT2D eigenvalue weighted by molar-refractivity contribution is -0.131. The third-order valence-electron chi connectivity index (χ3n) is 3.55. The highest BCUT2D eigenvalue weighted by molar-refractivity contribution is 8.01. The second-order valence-electron chi connectivity index (χ2n) is 6.20. The van der Waals surface area contributed by atoms with E-state index >= 15 is 0 Å². The van der Waals surface area contributed by atoms with Crippen LogP contribution in [0, 0.1) is 0 Å². The summed E-state index contributed by atoms with van der Waals surface area (Å²) in [6, 6.07) is 8.08. The number of hydrogen-bond donors (Lipinski definition) is 1. The van der Waals surface area contributed by atoms with E-state index in [1.165, 1.54) is 23.1 Å². The molecule has 26 heavy (non-hydrogen) atoms. The lowest BCUT2D eigenvalue weighted by Crippen LogP contribution is -2.43. The van der Waals surface area contributed by atoms with Crippen LogP contribution in [0.25, 0.3) is 0 Å². The van der Waals surface area contributed by atoms with E-state index in [9.17, 15) is 4.79 Å². The molecule has 2 aromatic rings. The van der Waals surface area contributed by atoms with Crippen LogP contribution in [0.4, 0.5) is 10.8 Å². The molecule has 0 fully saturated rings. The van der Waals surface area contributed by atoms with Gasteiger partial charge in [0.25, 0.3) is 0 Å². The maximum Gasteiger partial charge on any atom is 0.233 e. The first-order valence-electron chi connectivity index (χ1n) is 8.68. The van der Waals surface area contributed by atoms with Gasteiger partial charge in [0.2, 0.25) is 11.0 Å². The van der Waals surface area contributed by atoms with E-state index in [0.717, 1.165) is 15.8 Å². The molecule has 0 bridgehead atoms. The molecule has 1 heterocycles. The van der Waals surface area contributed by atoms with Crippen LogP contribution in [0.1, 0.15) is 34.6 Å². The largest absolute Gasteiger partial charge is 0.492 e. The van der Waals surface area contributed by atoms with E-state index < -0.39 is 0 Å². The first-order valence-corrected chi connectivity index (χ1v) is 10.5. The van der Waals surface area contributed by atoms with Crippen molar-refractivity contribution in [1.82, 2.24) is 15.1 Å². The molecule has 0 saturated heterocycles. The van der Waals surface area contributed by atoms with Gasteiger partial charge in [0.05, 0.1) is 18.0 Å². The fourth-order valence-corrected chi connectivity index (χ4v) is 4.29. The first-order chi connectivity index (χ1) is 12.4. The molecular formula is C18H26N4O2S2. The van der Waals surface area contributed by atoms with Gasteiger partial charge in [-0.3, -0.25) is 4.79 Å². The molecular weight excluding hydrogens is 368 g/mol. The second kappa shape index (κ2) is 9.78. The molecule has 0 radical (unpaired) electrons. The van der Waals surface area contributed by atoms with Crippen molar-refractivity contribution in [3.63, 3.8) is 0 Å². The van der Waals surface area contributed by atoms with E-state index in [-0.39, 0.29) is 18.0 Å². The van der Waals surface area contributed by atoms with Gasteiger partial charge in [-0.25, -0.2) is 0 Å². The number of para-hydroxylation sites is 2. The summed E-state index contributed by atoms with van der Waals surface area (Å²) < 4.78 is 6.37. The van der Waals surface area contributed by atoms with Crippen molar-refractivity contribution < 1.29 is 9.53 Å². The molecule has 0 aliphatic heterocycles. The second-order valence-corrected chi connectivity index (χ2v) is 8.40. The Kier molecular flexibility index (Phi) is 7.71. The lowest BCUT2D eigenvalue weighted by Gasteiger charge is -2.30. The Hall–Kier alpha value is -1.80. The third-order valence-corrected chi connectivity index (χ3v) is 5.51. The Balaban J connectivity index is 1.97. The summed E-state index contributed by atoms with van der Waals surface area (Å²) in [6.07, 6.45) is 0. The van der Waals surface area contributed by atoms with Gasteiger partial charge in [-0.05, 0) is 46.8 Å². The zero-order chi connectivity index (χ0) is 19.1. The normalized spacial score (nSPS) is 11.0. The van der Waals surface area contributed by atoms with Crippen LogP contribution in [-0.4, -0.2) is 45.4 Å². The fraction of sp³-hybridized carbons (Fsp3) is 0.500. The van der Waals surface area contributed by atoms with Crippen molar-refractivity contribution in [2.75, 3.05) is 17.7 Å². The zero-order valence-corrected chi connectivity index (χ0v) is 17.5. The number of hydrogen-bond acceptors (Lipinski definition) is 7. The highest BCUT2D eigenvalue weighted by atomic mass is 32.2. The van der Waals surface area contributed by atoms with Gasteiger partial charge in [0, 0.05) is 12.1 Å². The number of benzene rings is 1. The standard InChI is InChI=1S/C18H26N4O2S2/c1-6-24-15-10-8-7-9-14(15)19-17-20-21-18(26-17)25-11-16(23)22(12(2)3)13(4)5/h7-10,12-13H,6,11H2,1-5H3,(H,19,20). The molecule has 0 saturated carbocycles. The number of anilines is 2. The Morgan fingerprint density at radius 3 is 2.58 bits per heavy atom. The van der Waals surface area contributed by atoms with Crippen LogP contribution in [0.5, 0.6) is 5.75 Å². The van der Waals surface area contributed by atoms with E-state index in [0.29, 0.717) is 17.5 Å². The Labute approximate surface area is 163 Å². The van der Waals surface area contributed by atoms with Crippen molar-refractivity contribution in [2.24, 2.45) is 0 Å². The van der Waals surface area contributed by atoms with E-state index in [2.05, 4.69) is 15.5 Å². The Morgan fingerprint density at radius 1 is 1.23 bits per heavy atom. The highest BCUT2D eigenvalue weighted by Crippen LogP contribution is 2.31. The number of amides is 1. The van der Waals surface area contributed by atoms with Crippen molar-refractivity contribution in [2.45, 2.75) is 51.0 Å². The number of carbonyl (C=O) groups excluding carboxylic acids is 1. The van der Waals surface area contributed by atoms with Crippen LogP contribution in [0.2, 0.25) is 0 Å². The summed E-state index contributed by atoms with van der Waals surface area (Å²) >= 11 is 2.85. The molecule has 0 unspecified atom stereocenters.